The van der Waals surface area contributed by atoms with Crippen molar-refractivity contribution in [3.63, 3.8) is 0 Å². The van der Waals surface area contributed by atoms with Gasteiger partial charge >= 0.3 is 5.97 Å². The zero-order valence-electron chi connectivity index (χ0n) is 8.66. The van der Waals surface area contributed by atoms with Crippen LogP contribution in [-0.4, -0.2) is 31.3 Å². The second-order valence-corrected chi connectivity index (χ2v) is 4.27. The molecule has 0 aromatic carbocycles. The normalized spacial score (nSPS) is 10.3. The fourth-order valence-electron chi connectivity index (χ4n) is 1.12. The van der Waals surface area contributed by atoms with E-state index in [9.17, 15) is 4.79 Å². The van der Waals surface area contributed by atoms with Crippen LogP contribution in [0.2, 0.25) is 0 Å². The van der Waals surface area contributed by atoms with Gasteiger partial charge in [0.2, 0.25) is 0 Å². The standard InChI is InChI=1S/C10H15NO3S/c1-14-10(13)6-8-2-3-9(15-8)7-11-4-5-12/h2-3,11-12H,4-7H2,1H3. The van der Waals surface area contributed by atoms with Crippen molar-refractivity contribution in [3.8, 4) is 0 Å². The molecular formula is C10H15NO3S. The number of methoxy groups -OCH3 is 1. The van der Waals surface area contributed by atoms with Gasteiger partial charge in [-0.3, -0.25) is 4.79 Å². The first kappa shape index (κ1) is 12.2. The van der Waals surface area contributed by atoms with Crippen LogP contribution in [-0.2, 0) is 22.5 Å². The van der Waals surface area contributed by atoms with Gasteiger partial charge in [0.15, 0.2) is 0 Å². The first-order valence-electron chi connectivity index (χ1n) is 4.72. The average Bonchev–Trinajstić information content (AvgIpc) is 2.66. The Hall–Kier alpha value is -0.910. The molecule has 1 rings (SSSR count). The number of aliphatic hydroxyl groups is 1. The molecule has 15 heavy (non-hydrogen) atoms. The minimum Gasteiger partial charge on any atom is -0.469 e. The molecule has 1 aromatic heterocycles. The molecule has 0 fully saturated rings. The summed E-state index contributed by atoms with van der Waals surface area (Å²) in [5, 5.41) is 11.7. The quantitative estimate of drug-likeness (QED) is 0.552. The fraction of sp³-hybridized carbons (Fsp3) is 0.500. The summed E-state index contributed by atoms with van der Waals surface area (Å²) in [5.41, 5.74) is 0. The third-order valence-electron chi connectivity index (χ3n) is 1.85. The highest BCUT2D eigenvalue weighted by atomic mass is 32.1. The van der Waals surface area contributed by atoms with Crippen LogP contribution >= 0.6 is 11.3 Å². The lowest BCUT2D eigenvalue weighted by molar-refractivity contribution is -0.139. The molecule has 1 heterocycles. The van der Waals surface area contributed by atoms with Crippen LogP contribution in [0.4, 0.5) is 0 Å². The van der Waals surface area contributed by atoms with Crippen LogP contribution < -0.4 is 5.32 Å². The molecule has 0 saturated carbocycles. The number of rotatable bonds is 6. The Morgan fingerprint density at radius 1 is 1.53 bits per heavy atom. The maximum Gasteiger partial charge on any atom is 0.310 e. The van der Waals surface area contributed by atoms with E-state index in [0.29, 0.717) is 13.0 Å². The lowest BCUT2D eigenvalue weighted by Crippen LogP contribution is -2.16. The van der Waals surface area contributed by atoms with Crippen LogP contribution in [0.3, 0.4) is 0 Å². The first-order chi connectivity index (χ1) is 7.26. The van der Waals surface area contributed by atoms with Crippen molar-refractivity contribution >= 4 is 17.3 Å². The lowest BCUT2D eigenvalue weighted by Gasteiger charge is -1.98. The largest absolute Gasteiger partial charge is 0.469 e. The SMILES string of the molecule is COC(=O)Cc1ccc(CNCCO)s1. The van der Waals surface area contributed by atoms with Crippen molar-refractivity contribution < 1.29 is 14.6 Å². The second-order valence-electron chi connectivity index (χ2n) is 3.02. The Labute approximate surface area is 92.9 Å². The molecule has 5 heteroatoms. The number of carbonyl (C=O) groups is 1. The summed E-state index contributed by atoms with van der Waals surface area (Å²) in [7, 11) is 1.39. The second kappa shape index (κ2) is 6.55. The molecule has 0 aliphatic rings. The van der Waals surface area contributed by atoms with E-state index in [-0.39, 0.29) is 12.6 Å². The van der Waals surface area contributed by atoms with Gasteiger partial charge in [0.1, 0.15) is 0 Å². The molecule has 0 aliphatic carbocycles. The Bertz CT molecular complexity index is 311. The van der Waals surface area contributed by atoms with Gasteiger partial charge in [-0.1, -0.05) is 0 Å². The van der Waals surface area contributed by atoms with Crippen molar-refractivity contribution in [3.05, 3.63) is 21.9 Å². The summed E-state index contributed by atoms with van der Waals surface area (Å²) < 4.78 is 4.58. The summed E-state index contributed by atoms with van der Waals surface area (Å²) in [6.45, 7) is 1.46. The van der Waals surface area contributed by atoms with E-state index < -0.39 is 0 Å². The number of hydrogen-bond acceptors (Lipinski definition) is 5. The number of thiophene rings is 1. The number of hydrogen-bond donors (Lipinski definition) is 2. The van der Waals surface area contributed by atoms with E-state index in [0.717, 1.165) is 16.3 Å². The van der Waals surface area contributed by atoms with Crippen LogP contribution in [0.1, 0.15) is 9.75 Å². The van der Waals surface area contributed by atoms with Crippen molar-refractivity contribution in [1.29, 1.82) is 0 Å². The predicted molar refractivity (Wildman–Crippen MR) is 58.8 cm³/mol. The van der Waals surface area contributed by atoms with Crippen molar-refractivity contribution in [2.75, 3.05) is 20.3 Å². The molecule has 4 nitrogen and oxygen atoms in total. The van der Waals surface area contributed by atoms with Crippen LogP contribution in [0, 0.1) is 0 Å². The highest BCUT2D eigenvalue weighted by molar-refractivity contribution is 7.12. The minimum absolute atomic E-state index is 0.139. The molecule has 0 saturated heterocycles. The molecule has 0 aliphatic heterocycles. The minimum atomic E-state index is -0.216. The van der Waals surface area contributed by atoms with E-state index in [1.807, 2.05) is 12.1 Å². The van der Waals surface area contributed by atoms with Crippen LogP contribution in [0.5, 0.6) is 0 Å². The van der Waals surface area contributed by atoms with Crippen LogP contribution in [0.15, 0.2) is 12.1 Å². The third-order valence-corrected chi connectivity index (χ3v) is 2.94. The highest BCUT2D eigenvalue weighted by Gasteiger charge is 2.05. The summed E-state index contributed by atoms with van der Waals surface area (Å²) in [5.74, 6) is -0.216. The van der Waals surface area contributed by atoms with Crippen LogP contribution in [0.25, 0.3) is 0 Å². The van der Waals surface area contributed by atoms with Crippen molar-refractivity contribution in [2.24, 2.45) is 0 Å². The van der Waals surface area contributed by atoms with Gasteiger partial charge in [-0.25, -0.2) is 0 Å². The van der Waals surface area contributed by atoms with Crippen molar-refractivity contribution in [2.45, 2.75) is 13.0 Å². The predicted octanol–water partition coefficient (Wildman–Crippen LogP) is 0.546. The molecule has 84 valence electrons. The molecule has 0 amide bonds. The van der Waals surface area contributed by atoms with Gasteiger partial charge in [-0.2, -0.15) is 0 Å². The van der Waals surface area contributed by atoms with Gasteiger partial charge in [0.25, 0.3) is 0 Å². The van der Waals surface area contributed by atoms with Crippen molar-refractivity contribution in [1.82, 2.24) is 5.32 Å². The fourth-order valence-corrected chi connectivity index (χ4v) is 2.09. The lowest BCUT2D eigenvalue weighted by atomic mass is 10.3. The summed E-state index contributed by atoms with van der Waals surface area (Å²) in [6, 6.07) is 3.91. The maximum atomic E-state index is 11.0. The van der Waals surface area contributed by atoms with E-state index in [1.165, 1.54) is 7.11 Å². The monoisotopic (exact) mass is 229 g/mol. The molecule has 2 N–H and O–H groups in total. The molecule has 0 radical (unpaired) electrons. The average molecular weight is 229 g/mol. The van der Waals surface area contributed by atoms with Gasteiger partial charge in [-0.05, 0) is 12.1 Å². The molecule has 0 atom stereocenters. The molecular weight excluding hydrogens is 214 g/mol. The molecule has 0 spiro atoms. The number of esters is 1. The topological polar surface area (TPSA) is 58.6 Å². The van der Waals surface area contributed by atoms with Gasteiger partial charge in [-0.15, -0.1) is 11.3 Å². The Morgan fingerprint density at radius 3 is 2.93 bits per heavy atom. The summed E-state index contributed by atoms with van der Waals surface area (Å²) in [4.78, 5) is 13.1. The van der Waals surface area contributed by atoms with E-state index >= 15 is 0 Å². The summed E-state index contributed by atoms with van der Waals surface area (Å²) in [6.07, 6.45) is 0.334. The van der Waals surface area contributed by atoms with Gasteiger partial charge in [0, 0.05) is 22.8 Å². The number of carbonyl (C=O) groups excluding carboxylic acids is 1. The first-order valence-corrected chi connectivity index (χ1v) is 5.54. The number of nitrogens with one attached hydrogen (secondary N) is 1. The zero-order chi connectivity index (χ0) is 11.1. The highest BCUT2D eigenvalue weighted by Crippen LogP contribution is 2.17. The third kappa shape index (κ3) is 4.42. The zero-order valence-corrected chi connectivity index (χ0v) is 9.47. The van der Waals surface area contributed by atoms with E-state index in [2.05, 4.69) is 10.1 Å². The number of aliphatic hydroxyl groups excluding tert-OH is 1. The smallest absolute Gasteiger partial charge is 0.310 e. The van der Waals surface area contributed by atoms with E-state index in [4.69, 9.17) is 5.11 Å². The van der Waals surface area contributed by atoms with E-state index in [1.54, 1.807) is 11.3 Å². The Balaban J connectivity index is 2.38. The molecule has 1 aromatic rings. The number of ether oxygens (including phenoxy) is 1. The Kier molecular flexibility index (Phi) is 5.31. The molecule has 0 unspecified atom stereocenters. The Morgan fingerprint density at radius 2 is 2.27 bits per heavy atom. The summed E-state index contributed by atoms with van der Waals surface area (Å²) >= 11 is 1.58. The maximum absolute atomic E-state index is 11.0. The van der Waals surface area contributed by atoms with Gasteiger partial charge in [0.05, 0.1) is 20.1 Å². The molecule has 0 bridgehead atoms. The van der Waals surface area contributed by atoms with Gasteiger partial charge < -0.3 is 15.2 Å².